The average Bonchev–Trinajstić information content (AvgIpc) is 2.75. The molecule has 0 radical (unpaired) electrons. The van der Waals surface area contributed by atoms with Crippen LogP contribution in [0.3, 0.4) is 0 Å². The Balaban J connectivity index is 1.67. The number of pyridine rings is 1. The van der Waals surface area contributed by atoms with Gasteiger partial charge in [-0.1, -0.05) is 97.5 Å². The smallest absolute Gasteiger partial charge is 0.105 e. The minimum absolute atomic E-state index is 0.228. The molecular formula is C24H27B2N. The van der Waals surface area contributed by atoms with E-state index >= 15 is 0 Å². The zero-order chi connectivity index (χ0) is 18.7. The molecular weight excluding hydrogens is 324 g/mol. The third-order valence-electron chi connectivity index (χ3n) is 6.40. The molecule has 1 aliphatic carbocycles. The highest BCUT2D eigenvalue weighted by Crippen LogP contribution is 2.38. The summed E-state index contributed by atoms with van der Waals surface area (Å²) in [7, 11) is 4.87. The maximum Gasteiger partial charge on any atom is 0.105 e. The minimum Gasteiger partial charge on any atom is -0.256 e. The molecule has 1 fully saturated rings. The molecule has 1 aliphatic rings. The van der Waals surface area contributed by atoms with Gasteiger partial charge in [0.05, 0.1) is 5.69 Å². The Morgan fingerprint density at radius 2 is 1.44 bits per heavy atom. The van der Waals surface area contributed by atoms with Crippen LogP contribution in [0.25, 0.3) is 22.4 Å². The average molecular weight is 351 g/mol. The van der Waals surface area contributed by atoms with Gasteiger partial charge in [0.25, 0.3) is 0 Å². The van der Waals surface area contributed by atoms with Crippen molar-refractivity contribution < 1.29 is 0 Å². The maximum absolute atomic E-state index is 4.58. The molecule has 0 bridgehead atoms. The summed E-state index contributed by atoms with van der Waals surface area (Å²) in [5.74, 6) is 0.791. The summed E-state index contributed by atoms with van der Waals surface area (Å²) in [4.78, 5) is 4.58. The lowest BCUT2D eigenvalue weighted by Crippen LogP contribution is -2.37. The molecule has 0 aliphatic heterocycles. The first-order valence-corrected chi connectivity index (χ1v) is 10.3. The number of hydrogen-bond acceptors (Lipinski definition) is 1. The molecule has 27 heavy (non-hydrogen) atoms. The molecule has 2 aromatic carbocycles. The van der Waals surface area contributed by atoms with Crippen LogP contribution >= 0.6 is 0 Å². The summed E-state index contributed by atoms with van der Waals surface area (Å²) < 4.78 is 0. The van der Waals surface area contributed by atoms with Gasteiger partial charge in [-0.25, -0.2) is 0 Å². The van der Waals surface area contributed by atoms with Crippen molar-refractivity contribution in [2.75, 3.05) is 0 Å². The second-order valence-corrected chi connectivity index (χ2v) is 8.43. The van der Waals surface area contributed by atoms with Crippen molar-refractivity contribution in [3.8, 4) is 22.4 Å². The highest BCUT2D eigenvalue weighted by atomic mass is 14.7. The first kappa shape index (κ1) is 18.1. The zero-order valence-electron chi connectivity index (χ0n) is 16.5. The molecule has 0 atom stereocenters. The number of rotatable bonds is 4. The van der Waals surface area contributed by atoms with Crippen LogP contribution in [0.4, 0.5) is 0 Å². The van der Waals surface area contributed by atoms with Gasteiger partial charge in [0.15, 0.2) is 0 Å². The number of hydrogen-bond donors (Lipinski definition) is 0. The molecule has 0 unspecified atom stereocenters. The summed E-state index contributed by atoms with van der Waals surface area (Å²) in [6.45, 7) is 0. The third-order valence-corrected chi connectivity index (χ3v) is 6.40. The van der Waals surface area contributed by atoms with Gasteiger partial charge in [-0.05, 0) is 29.2 Å². The van der Waals surface area contributed by atoms with Gasteiger partial charge < -0.3 is 0 Å². The molecule has 0 N–H and O–H groups in total. The Hall–Kier alpha value is -2.28. The fraction of sp³-hybridized carbons (Fsp3) is 0.292. The first-order chi connectivity index (χ1) is 13.1. The predicted octanol–water partition coefficient (Wildman–Crippen LogP) is 4.41. The fourth-order valence-corrected chi connectivity index (χ4v) is 4.54. The molecule has 0 amide bonds. The molecule has 3 aromatic rings. The first-order valence-electron chi connectivity index (χ1n) is 10.3. The summed E-state index contributed by atoms with van der Waals surface area (Å²) in [5.41, 5.74) is 6.19. The van der Waals surface area contributed by atoms with E-state index in [1.165, 1.54) is 48.8 Å². The van der Waals surface area contributed by atoms with E-state index in [2.05, 4.69) is 81.3 Å². The standard InChI is InChI=1S/C24H27B2N/c25-24(26,21-11-5-2-6-12-21)22-13-7-10-19(16-22)20-14-15-27-23(17-20)18-8-3-1-4-9-18/h1,3-4,7-10,13-17,21H,2,5-6,11-12,25-26H2. The van der Waals surface area contributed by atoms with Gasteiger partial charge >= 0.3 is 0 Å². The summed E-state index contributed by atoms with van der Waals surface area (Å²) in [6, 6.07) is 23.9. The predicted molar refractivity (Wildman–Crippen MR) is 120 cm³/mol. The van der Waals surface area contributed by atoms with E-state index in [1.54, 1.807) is 0 Å². The summed E-state index contributed by atoms with van der Waals surface area (Å²) in [6.07, 6.45) is 8.84. The van der Waals surface area contributed by atoms with Crippen LogP contribution in [0.5, 0.6) is 0 Å². The highest BCUT2D eigenvalue weighted by Gasteiger charge is 2.32. The van der Waals surface area contributed by atoms with E-state index in [4.69, 9.17) is 0 Å². The second-order valence-electron chi connectivity index (χ2n) is 8.43. The molecule has 134 valence electrons. The second kappa shape index (κ2) is 7.76. The fourth-order valence-electron chi connectivity index (χ4n) is 4.54. The summed E-state index contributed by atoms with van der Waals surface area (Å²) >= 11 is 0. The minimum atomic E-state index is 0.228. The number of benzene rings is 2. The van der Waals surface area contributed by atoms with Crippen LogP contribution in [0, 0.1) is 5.92 Å². The van der Waals surface area contributed by atoms with Crippen LogP contribution < -0.4 is 0 Å². The Morgan fingerprint density at radius 3 is 2.22 bits per heavy atom. The van der Waals surface area contributed by atoms with E-state index < -0.39 is 0 Å². The monoisotopic (exact) mass is 351 g/mol. The quantitative estimate of drug-likeness (QED) is 0.635. The van der Waals surface area contributed by atoms with Gasteiger partial charge in [-0.2, -0.15) is 0 Å². The molecule has 3 heteroatoms. The third kappa shape index (κ3) is 3.88. The van der Waals surface area contributed by atoms with Crippen LogP contribution in [0.2, 0.25) is 0 Å². The Bertz CT molecular complexity index is 899. The molecule has 1 nitrogen and oxygen atoms in total. The number of nitrogens with zero attached hydrogens (tertiary/aromatic N) is 1. The zero-order valence-corrected chi connectivity index (χ0v) is 16.5. The topological polar surface area (TPSA) is 12.9 Å². The lowest BCUT2D eigenvalue weighted by atomic mass is 9.43. The van der Waals surface area contributed by atoms with Crippen molar-refractivity contribution in [1.29, 1.82) is 0 Å². The van der Waals surface area contributed by atoms with Gasteiger partial charge in [0, 0.05) is 11.8 Å². The van der Waals surface area contributed by atoms with E-state index in [-0.39, 0.29) is 5.21 Å². The van der Waals surface area contributed by atoms with Crippen molar-refractivity contribution in [1.82, 2.24) is 4.98 Å². The lowest BCUT2D eigenvalue weighted by molar-refractivity contribution is 0.327. The van der Waals surface area contributed by atoms with Crippen molar-refractivity contribution in [2.24, 2.45) is 5.92 Å². The van der Waals surface area contributed by atoms with Gasteiger partial charge in [-0.3, -0.25) is 4.98 Å². The van der Waals surface area contributed by atoms with E-state index in [9.17, 15) is 0 Å². The Kier molecular flexibility index (Phi) is 5.20. The Labute approximate surface area is 165 Å². The molecule has 1 heterocycles. The van der Waals surface area contributed by atoms with Crippen LogP contribution in [-0.2, 0) is 5.21 Å². The largest absolute Gasteiger partial charge is 0.256 e. The van der Waals surface area contributed by atoms with Gasteiger partial charge in [0.1, 0.15) is 15.7 Å². The van der Waals surface area contributed by atoms with Gasteiger partial charge in [-0.15, -0.1) is 0 Å². The molecule has 0 saturated heterocycles. The highest BCUT2D eigenvalue weighted by molar-refractivity contribution is 6.40. The normalized spacial score (nSPS) is 15.6. The van der Waals surface area contributed by atoms with Crippen molar-refractivity contribution in [2.45, 2.75) is 37.3 Å². The van der Waals surface area contributed by atoms with Crippen LogP contribution in [-0.4, -0.2) is 20.7 Å². The van der Waals surface area contributed by atoms with Crippen molar-refractivity contribution in [3.63, 3.8) is 0 Å². The van der Waals surface area contributed by atoms with E-state index in [0.717, 1.165) is 17.2 Å². The molecule has 0 spiro atoms. The maximum atomic E-state index is 4.58. The van der Waals surface area contributed by atoms with Crippen molar-refractivity contribution >= 4 is 15.7 Å². The SMILES string of the molecule is BC(B)(c1cccc(-c2ccnc(-c3ccccc3)c2)c1)C1CCCCC1. The van der Waals surface area contributed by atoms with Crippen LogP contribution in [0.15, 0.2) is 72.9 Å². The molecule has 4 rings (SSSR count). The van der Waals surface area contributed by atoms with Gasteiger partial charge in [0.2, 0.25) is 0 Å². The van der Waals surface area contributed by atoms with E-state index in [0.29, 0.717) is 0 Å². The lowest BCUT2D eigenvalue weighted by Gasteiger charge is -2.38. The number of aromatic nitrogens is 1. The van der Waals surface area contributed by atoms with Crippen molar-refractivity contribution in [3.05, 3.63) is 78.5 Å². The molecule has 1 aromatic heterocycles. The Morgan fingerprint density at radius 1 is 0.741 bits per heavy atom. The molecule has 1 saturated carbocycles. The summed E-state index contributed by atoms with van der Waals surface area (Å²) in [5, 5.41) is 0.228. The van der Waals surface area contributed by atoms with Crippen LogP contribution in [0.1, 0.15) is 37.7 Å². The van der Waals surface area contributed by atoms with E-state index in [1.807, 2.05) is 12.3 Å².